The number of nitrogens with one attached hydrogen (secondary N) is 1. The highest BCUT2D eigenvalue weighted by atomic mass is 79.9. The van der Waals surface area contributed by atoms with Crippen molar-refractivity contribution >= 4 is 21.8 Å². The van der Waals surface area contributed by atoms with Gasteiger partial charge in [-0.25, -0.2) is 0 Å². The minimum absolute atomic E-state index is 0.143. The number of benzene rings is 1. The molecule has 5 heteroatoms. The monoisotopic (exact) mass is 329 g/mol. The van der Waals surface area contributed by atoms with Crippen LogP contribution >= 0.6 is 15.9 Å². The van der Waals surface area contributed by atoms with E-state index in [1.807, 2.05) is 20.8 Å². The lowest BCUT2D eigenvalue weighted by Crippen LogP contribution is -2.46. The first kappa shape index (κ1) is 15.8. The average Bonchev–Trinajstić information content (AvgIpc) is 2.29. The van der Waals surface area contributed by atoms with Gasteiger partial charge in [0.15, 0.2) is 6.10 Å². The van der Waals surface area contributed by atoms with Crippen LogP contribution in [0.1, 0.15) is 27.7 Å². The number of halogens is 1. The zero-order valence-corrected chi connectivity index (χ0v) is 13.5. The first-order chi connectivity index (χ1) is 8.73. The minimum Gasteiger partial charge on any atom is -0.497 e. The third-order valence-corrected chi connectivity index (χ3v) is 2.93. The second kappa shape index (κ2) is 6.28. The van der Waals surface area contributed by atoms with Crippen molar-refractivity contribution in [2.75, 3.05) is 7.11 Å². The van der Waals surface area contributed by atoms with Gasteiger partial charge in [-0.1, -0.05) is 0 Å². The van der Waals surface area contributed by atoms with Crippen LogP contribution in [0.5, 0.6) is 11.5 Å². The van der Waals surface area contributed by atoms with Crippen molar-refractivity contribution in [2.24, 2.45) is 0 Å². The third-order valence-electron chi connectivity index (χ3n) is 2.31. The highest BCUT2D eigenvalue weighted by Crippen LogP contribution is 2.29. The predicted octanol–water partition coefficient (Wildman–Crippen LogP) is 3.14. The molecule has 1 aromatic rings. The summed E-state index contributed by atoms with van der Waals surface area (Å²) < 4.78 is 11.5. The molecule has 1 aromatic carbocycles. The summed E-state index contributed by atoms with van der Waals surface area (Å²) in [6, 6.07) is 5.35. The molecule has 0 aromatic heterocycles. The molecule has 0 saturated carbocycles. The van der Waals surface area contributed by atoms with Gasteiger partial charge < -0.3 is 14.8 Å². The van der Waals surface area contributed by atoms with Gasteiger partial charge in [0.25, 0.3) is 5.91 Å². The molecule has 0 heterocycles. The normalized spacial score (nSPS) is 12.7. The molecule has 1 rings (SSSR count). The van der Waals surface area contributed by atoms with Crippen molar-refractivity contribution in [3.8, 4) is 11.5 Å². The van der Waals surface area contributed by atoms with Crippen LogP contribution in [0.2, 0.25) is 0 Å². The lowest BCUT2D eigenvalue weighted by atomic mass is 10.1. The Kier molecular flexibility index (Phi) is 5.23. The predicted molar refractivity (Wildman–Crippen MR) is 78.7 cm³/mol. The number of hydrogen-bond acceptors (Lipinski definition) is 3. The number of rotatable bonds is 4. The third kappa shape index (κ3) is 5.11. The molecule has 0 aliphatic heterocycles. The van der Waals surface area contributed by atoms with E-state index in [4.69, 9.17) is 9.47 Å². The SMILES string of the molecule is COc1ccc(OC(C)C(=O)NC(C)(C)C)c(Br)c1. The summed E-state index contributed by atoms with van der Waals surface area (Å²) in [7, 11) is 1.60. The van der Waals surface area contributed by atoms with Crippen molar-refractivity contribution in [2.45, 2.75) is 39.3 Å². The lowest BCUT2D eigenvalue weighted by Gasteiger charge is -2.24. The smallest absolute Gasteiger partial charge is 0.261 e. The van der Waals surface area contributed by atoms with Gasteiger partial charge in [-0.2, -0.15) is 0 Å². The molecule has 106 valence electrons. The molecule has 1 amide bonds. The van der Waals surface area contributed by atoms with Crippen LogP contribution in [0.3, 0.4) is 0 Å². The lowest BCUT2D eigenvalue weighted by molar-refractivity contribution is -0.128. The first-order valence-corrected chi connectivity index (χ1v) is 6.84. The van der Waals surface area contributed by atoms with Gasteiger partial charge in [0.1, 0.15) is 11.5 Å². The molecular formula is C14H20BrNO3. The van der Waals surface area contributed by atoms with Gasteiger partial charge >= 0.3 is 0 Å². The molecule has 0 aliphatic rings. The van der Waals surface area contributed by atoms with Gasteiger partial charge in [0.2, 0.25) is 0 Å². The van der Waals surface area contributed by atoms with Crippen molar-refractivity contribution in [1.82, 2.24) is 5.32 Å². The summed E-state index contributed by atoms with van der Waals surface area (Å²) in [6.07, 6.45) is -0.566. The fraction of sp³-hybridized carbons (Fsp3) is 0.500. The van der Waals surface area contributed by atoms with E-state index in [0.717, 1.165) is 10.2 Å². The van der Waals surface area contributed by atoms with Crippen LogP contribution in [0.4, 0.5) is 0 Å². The van der Waals surface area contributed by atoms with Crippen LogP contribution in [-0.4, -0.2) is 24.7 Å². The molecular weight excluding hydrogens is 310 g/mol. The Hall–Kier alpha value is -1.23. The molecule has 0 radical (unpaired) electrons. The summed E-state index contributed by atoms with van der Waals surface area (Å²) >= 11 is 3.39. The van der Waals surface area contributed by atoms with Crippen molar-refractivity contribution in [1.29, 1.82) is 0 Å². The van der Waals surface area contributed by atoms with E-state index in [1.165, 1.54) is 0 Å². The molecule has 19 heavy (non-hydrogen) atoms. The number of carbonyl (C=O) groups excluding carboxylic acids is 1. The maximum atomic E-state index is 11.9. The zero-order valence-electron chi connectivity index (χ0n) is 11.9. The van der Waals surface area contributed by atoms with Crippen LogP contribution < -0.4 is 14.8 Å². The quantitative estimate of drug-likeness (QED) is 0.923. The van der Waals surface area contributed by atoms with E-state index in [-0.39, 0.29) is 11.4 Å². The highest BCUT2D eigenvalue weighted by Gasteiger charge is 2.21. The van der Waals surface area contributed by atoms with Crippen molar-refractivity contribution < 1.29 is 14.3 Å². The Bertz CT molecular complexity index is 454. The Morgan fingerprint density at radius 3 is 2.47 bits per heavy atom. The highest BCUT2D eigenvalue weighted by molar-refractivity contribution is 9.10. The van der Waals surface area contributed by atoms with Crippen molar-refractivity contribution in [3.05, 3.63) is 22.7 Å². The first-order valence-electron chi connectivity index (χ1n) is 6.05. The second-order valence-corrected chi connectivity index (χ2v) is 6.15. The number of amides is 1. The Morgan fingerprint density at radius 2 is 2.00 bits per heavy atom. The summed E-state index contributed by atoms with van der Waals surface area (Å²) in [6.45, 7) is 7.51. The van der Waals surface area contributed by atoms with E-state index >= 15 is 0 Å². The molecule has 1 unspecified atom stereocenters. The molecule has 0 fully saturated rings. The Balaban J connectivity index is 2.71. The standard InChI is InChI=1S/C14H20BrNO3/c1-9(13(17)16-14(2,3)4)19-12-7-6-10(18-5)8-11(12)15/h6-9H,1-5H3,(H,16,17). The van der Waals surface area contributed by atoms with E-state index in [0.29, 0.717) is 5.75 Å². The van der Waals surface area contributed by atoms with Gasteiger partial charge in [-0.3, -0.25) is 4.79 Å². The maximum Gasteiger partial charge on any atom is 0.261 e. The van der Waals surface area contributed by atoms with E-state index in [1.54, 1.807) is 32.2 Å². The summed E-state index contributed by atoms with van der Waals surface area (Å²) in [5.41, 5.74) is -0.272. The largest absolute Gasteiger partial charge is 0.497 e. The minimum atomic E-state index is -0.566. The molecule has 1 N–H and O–H groups in total. The topological polar surface area (TPSA) is 47.6 Å². The summed E-state index contributed by atoms with van der Waals surface area (Å²) in [5.74, 6) is 1.19. The van der Waals surface area contributed by atoms with Gasteiger partial charge in [0.05, 0.1) is 11.6 Å². The average molecular weight is 330 g/mol. The van der Waals surface area contributed by atoms with Crippen LogP contribution in [0.15, 0.2) is 22.7 Å². The van der Waals surface area contributed by atoms with Crippen LogP contribution in [0.25, 0.3) is 0 Å². The second-order valence-electron chi connectivity index (χ2n) is 5.30. The summed E-state index contributed by atoms with van der Waals surface area (Å²) in [5, 5.41) is 2.88. The van der Waals surface area contributed by atoms with Crippen LogP contribution in [0, 0.1) is 0 Å². The Morgan fingerprint density at radius 1 is 1.37 bits per heavy atom. The zero-order chi connectivity index (χ0) is 14.6. The Labute approximate surface area is 122 Å². The molecule has 0 aliphatic carbocycles. The molecule has 0 spiro atoms. The van der Waals surface area contributed by atoms with Crippen LogP contribution in [-0.2, 0) is 4.79 Å². The summed E-state index contributed by atoms with van der Waals surface area (Å²) in [4.78, 5) is 11.9. The van der Waals surface area contributed by atoms with E-state index < -0.39 is 6.10 Å². The van der Waals surface area contributed by atoms with Crippen molar-refractivity contribution in [3.63, 3.8) is 0 Å². The van der Waals surface area contributed by atoms with Gasteiger partial charge in [-0.05, 0) is 61.8 Å². The molecule has 0 saturated heterocycles. The fourth-order valence-electron chi connectivity index (χ4n) is 1.42. The number of hydrogen-bond donors (Lipinski definition) is 1. The molecule has 1 atom stereocenters. The maximum absolute atomic E-state index is 11.9. The number of ether oxygens (including phenoxy) is 2. The van der Waals surface area contributed by atoms with Gasteiger partial charge in [0, 0.05) is 5.54 Å². The molecule has 0 bridgehead atoms. The van der Waals surface area contributed by atoms with E-state index in [2.05, 4.69) is 21.2 Å². The molecule has 4 nitrogen and oxygen atoms in total. The van der Waals surface area contributed by atoms with Gasteiger partial charge in [-0.15, -0.1) is 0 Å². The number of carbonyl (C=O) groups is 1. The number of methoxy groups -OCH3 is 1. The van der Waals surface area contributed by atoms with E-state index in [9.17, 15) is 4.79 Å². The fourth-order valence-corrected chi connectivity index (χ4v) is 1.87.